The van der Waals surface area contributed by atoms with Crippen molar-refractivity contribution in [2.24, 2.45) is 0 Å². The Balaban J connectivity index is 3.45. The van der Waals surface area contributed by atoms with Gasteiger partial charge in [-0.3, -0.25) is 4.79 Å². The molecular formula is C18H36N4O6. The Bertz CT molecular complexity index is 442. The summed E-state index contributed by atoms with van der Waals surface area (Å²) >= 11 is 0. The quantitative estimate of drug-likeness (QED) is 0.127. The number of aldehydes is 1. The van der Waals surface area contributed by atoms with Crippen LogP contribution in [0.1, 0.15) is 33.6 Å². The van der Waals surface area contributed by atoms with Crippen LogP contribution >= 0.6 is 0 Å². The third-order valence-corrected chi connectivity index (χ3v) is 3.32. The molecule has 0 bridgehead atoms. The van der Waals surface area contributed by atoms with Gasteiger partial charge in [0, 0.05) is 51.2 Å². The van der Waals surface area contributed by atoms with Crippen molar-refractivity contribution in [1.29, 1.82) is 0 Å². The number of amides is 1. The lowest BCUT2D eigenvalue weighted by Gasteiger charge is -2.20. The molecule has 0 aliphatic rings. The van der Waals surface area contributed by atoms with Gasteiger partial charge in [0.25, 0.3) is 0 Å². The molecule has 0 aliphatic carbocycles. The minimum Gasteiger partial charge on any atom is -0.463 e. The van der Waals surface area contributed by atoms with Crippen molar-refractivity contribution in [1.82, 2.24) is 21.3 Å². The van der Waals surface area contributed by atoms with Crippen LogP contribution in [0.25, 0.3) is 0 Å². The Morgan fingerprint density at radius 2 is 1.54 bits per heavy atom. The van der Waals surface area contributed by atoms with Crippen molar-refractivity contribution in [3.63, 3.8) is 0 Å². The highest BCUT2D eigenvalue weighted by Crippen LogP contribution is 1.96. The molecule has 0 aliphatic heterocycles. The van der Waals surface area contributed by atoms with Gasteiger partial charge in [-0.25, -0.2) is 4.79 Å². The first-order valence-corrected chi connectivity index (χ1v) is 9.59. The molecule has 28 heavy (non-hydrogen) atoms. The molecule has 5 N–H and O–H groups in total. The van der Waals surface area contributed by atoms with Gasteiger partial charge in [0.05, 0.1) is 6.42 Å². The number of aliphatic hydroxyl groups is 1. The fourth-order valence-electron chi connectivity index (χ4n) is 1.91. The molecule has 1 amide bonds. The molecule has 0 saturated carbocycles. The van der Waals surface area contributed by atoms with Crippen LogP contribution in [0.4, 0.5) is 4.79 Å². The number of alkyl carbamates (subject to hydrolysis) is 1. The maximum Gasteiger partial charge on any atom is 0.407 e. The molecule has 10 nitrogen and oxygen atoms in total. The van der Waals surface area contributed by atoms with E-state index in [0.717, 1.165) is 26.2 Å². The molecule has 0 rings (SSSR count). The number of hydrogen-bond acceptors (Lipinski definition) is 9. The molecule has 10 heteroatoms. The highest BCUT2D eigenvalue weighted by molar-refractivity contribution is 5.72. The first-order valence-electron chi connectivity index (χ1n) is 9.59. The predicted octanol–water partition coefficient (Wildman–Crippen LogP) is -0.837. The first-order chi connectivity index (χ1) is 13.2. The molecule has 0 fully saturated rings. The van der Waals surface area contributed by atoms with E-state index in [2.05, 4.69) is 42.0 Å². The van der Waals surface area contributed by atoms with E-state index in [1.165, 1.54) is 0 Å². The zero-order valence-corrected chi connectivity index (χ0v) is 17.2. The van der Waals surface area contributed by atoms with Crippen LogP contribution in [0.15, 0.2) is 0 Å². The maximum atomic E-state index is 11.5. The van der Waals surface area contributed by atoms with Gasteiger partial charge in [0.15, 0.2) is 0 Å². The summed E-state index contributed by atoms with van der Waals surface area (Å²) in [5.74, 6) is -0.582. The summed E-state index contributed by atoms with van der Waals surface area (Å²) in [6.45, 7) is 10.2. The van der Waals surface area contributed by atoms with Gasteiger partial charge in [-0.15, -0.1) is 0 Å². The number of nitrogens with one attached hydrogen (secondary N) is 4. The first kappa shape index (κ1) is 26.2. The SMILES string of the molecule is CC(C)(C)NCCNCCNCCNC(=O)OCC(O)COC(=O)CCC=O. The number of carbonyl (C=O) groups excluding carboxylic acids is 3. The van der Waals surface area contributed by atoms with Crippen molar-refractivity contribution < 1.29 is 29.0 Å². The maximum absolute atomic E-state index is 11.5. The average molecular weight is 405 g/mol. The van der Waals surface area contributed by atoms with Gasteiger partial charge >= 0.3 is 12.1 Å². The lowest BCUT2D eigenvalue weighted by molar-refractivity contribution is -0.147. The van der Waals surface area contributed by atoms with E-state index < -0.39 is 18.2 Å². The van der Waals surface area contributed by atoms with Crippen molar-refractivity contribution in [2.45, 2.75) is 45.3 Å². The molecular weight excluding hydrogens is 368 g/mol. The zero-order valence-electron chi connectivity index (χ0n) is 17.2. The molecule has 1 atom stereocenters. The summed E-state index contributed by atoms with van der Waals surface area (Å²) < 4.78 is 9.56. The zero-order chi connectivity index (χ0) is 21.3. The van der Waals surface area contributed by atoms with Gasteiger partial charge in [-0.2, -0.15) is 0 Å². The van der Waals surface area contributed by atoms with E-state index in [4.69, 9.17) is 9.47 Å². The van der Waals surface area contributed by atoms with Gasteiger partial charge < -0.3 is 40.6 Å². The Labute approximate surface area is 167 Å². The summed E-state index contributed by atoms with van der Waals surface area (Å²) in [4.78, 5) is 32.8. The van der Waals surface area contributed by atoms with Crippen LogP contribution in [-0.2, 0) is 19.1 Å². The van der Waals surface area contributed by atoms with E-state index in [1.54, 1.807) is 0 Å². The van der Waals surface area contributed by atoms with Crippen LogP contribution in [0.2, 0.25) is 0 Å². The number of rotatable bonds is 16. The normalized spacial score (nSPS) is 12.3. The minimum atomic E-state index is -1.11. The summed E-state index contributed by atoms with van der Waals surface area (Å²) in [6.07, 6.45) is -1.11. The van der Waals surface area contributed by atoms with E-state index in [-0.39, 0.29) is 31.6 Å². The predicted molar refractivity (Wildman–Crippen MR) is 105 cm³/mol. The van der Waals surface area contributed by atoms with Crippen LogP contribution in [-0.4, -0.2) is 87.6 Å². The topological polar surface area (TPSA) is 138 Å². The highest BCUT2D eigenvalue weighted by Gasteiger charge is 2.11. The van der Waals surface area contributed by atoms with Crippen LogP contribution in [0, 0.1) is 0 Å². The number of carbonyl (C=O) groups is 3. The van der Waals surface area contributed by atoms with E-state index >= 15 is 0 Å². The largest absolute Gasteiger partial charge is 0.463 e. The van der Waals surface area contributed by atoms with Crippen molar-refractivity contribution in [2.75, 3.05) is 52.5 Å². The molecule has 0 aromatic carbocycles. The third kappa shape index (κ3) is 19.0. The van der Waals surface area contributed by atoms with E-state index in [1.807, 2.05) is 0 Å². The molecule has 1 unspecified atom stereocenters. The van der Waals surface area contributed by atoms with E-state index in [9.17, 15) is 19.5 Å². The summed E-state index contributed by atoms with van der Waals surface area (Å²) in [5, 5.41) is 22.0. The second-order valence-corrected chi connectivity index (χ2v) is 7.24. The molecule has 164 valence electrons. The Kier molecular flexibility index (Phi) is 15.2. The standard InChI is InChI=1S/C18H36N4O6/c1-18(2,3)22-11-9-20-7-6-19-8-10-21-17(26)28-14-15(24)13-27-16(25)5-4-12-23/h12,15,19-20,22,24H,4-11,13-14H2,1-3H3,(H,21,26). The molecule has 0 radical (unpaired) electrons. The van der Waals surface area contributed by atoms with Crippen LogP contribution in [0.3, 0.4) is 0 Å². The van der Waals surface area contributed by atoms with Gasteiger partial charge in [-0.1, -0.05) is 0 Å². The third-order valence-electron chi connectivity index (χ3n) is 3.32. The summed E-state index contributed by atoms with van der Waals surface area (Å²) in [5.41, 5.74) is 0.123. The van der Waals surface area contributed by atoms with Crippen LogP contribution < -0.4 is 21.3 Å². The van der Waals surface area contributed by atoms with Gasteiger partial charge in [0.1, 0.15) is 25.6 Å². The smallest absolute Gasteiger partial charge is 0.407 e. The molecule has 0 heterocycles. The molecule has 0 spiro atoms. The fourth-order valence-corrected chi connectivity index (χ4v) is 1.91. The van der Waals surface area contributed by atoms with Crippen molar-refractivity contribution >= 4 is 18.3 Å². The number of ether oxygens (including phenoxy) is 2. The average Bonchev–Trinajstić information content (AvgIpc) is 2.63. The second-order valence-electron chi connectivity index (χ2n) is 7.24. The lowest BCUT2D eigenvalue weighted by atomic mass is 10.1. The van der Waals surface area contributed by atoms with E-state index in [0.29, 0.717) is 19.4 Å². The minimum absolute atomic E-state index is 0.0338. The Morgan fingerprint density at radius 1 is 0.964 bits per heavy atom. The molecule has 0 aromatic heterocycles. The number of esters is 1. The molecule has 0 saturated heterocycles. The van der Waals surface area contributed by atoms with Gasteiger partial charge in [0.2, 0.25) is 0 Å². The summed E-state index contributed by atoms with van der Waals surface area (Å²) in [7, 11) is 0. The monoisotopic (exact) mass is 404 g/mol. The molecule has 0 aromatic rings. The number of hydrogen-bond donors (Lipinski definition) is 5. The van der Waals surface area contributed by atoms with Crippen LogP contribution in [0.5, 0.6) is 0 Å². The Morgan fingerprint density at radius 3 is 2.14 bits per heavy atom. The second kappa shape index (κ2) is 16.2. The van der Waals surface area contributed by atoms with Gasteiger partial charge in [-0.05, 0) is 20.8 Å². The fraction of sp³-hybridized carbons (Fsp3) is 0.833. The highest BCUT2D eigenvalue weighted by atomic mass is 16.6. The Hall–Kier alpha value is -1.75. The lowest BCUT2D eigenvalue weighted by Crippen LogP contribution is -2.41. The van der Waals surface area contributed by atoms with Crippen molar-refractivity contribution in [3.05, 3.63) is 0 Å². The number of aliphatic hydroxyl groups excluding tert-OH is 1. The van der Waals surface area contributed by atoms with Crippen molar-refractivity contribution in [3.8, 4) is 0 Å². The summed E-state index contributed by atoms with van der Waals surface area (Å²) in [6, 6.07) is 0.